The number of nitrogens with one attached hydrogen (secondary N) is 2. The second-order valence-electron chi connectivity index (χ2n) is 9.37. The molecule has 3 N–H and O–H groups in total. The van der Waals surface area contributed by atoms with E-state index in [-0.39, 0.29) is 60.4 Å². The summed E-state index contributed by atoms with van der Waals surface area (Å²) in [6.07, 6.45) is 2.86. The molecule has 1 aliphatic carbocycles. The Kier molecular flexibility index (Phi) is 9.90. The standard InChI is InChI=1S/C26H35N8O9P/c1-27-26(36)22-20(14-21(30-31-22)29-25(35)17-8-9-17)34(16-43-44(37,38)42-13-12-41-11-10-39-3)19-7-5-6-18(23(19)40-4)24-28-15-33(2)32-24/h5-7,14-15,17H,8-13,16H2,1-4H3,(H,27,36)(H,37,38)(H,29,30,35)/i1D3. The lowest BCUT2D eigenvalue weighted by molar-refractivity contribution is -0.117. The van der Waals surface area contributed by atoms with E-state index in [1.807, 2.05) is 5.32 Å². The molecule has 18 heteroatoms. The fraction of sp³-hybridized carbons (Fsp3) is 0.462. The van der Waals surface area contributed by atoms with Crippen molar-refractivity contribution < 1.29 is 46.4 Å². The van der Waals surface area contributed by atoms with Crippen molar-refractivity contribution in [2.75, 3.05) is 64.6 Å². The van der Waals surface area contributed by atoms with Gasteiger partial charge in [-0.25, -0.2) is 9.55 Å². The van der Waals surface area contributed by atoms with Gasteiger partial charge in [0, 0.05) is 37.2 Å². The summed E-state index contributed by atoms with van der Waals surface area (Å²) in [5, 5.41) is 16.6. The number of hydrogen-bond donors (Lipinski definition) is 3. The molecule has 2 aromatic heterocycles. The average Bonchev–Trinajstić information content (AvgIpc) is 3.78. The first-order valence-electron chi connectivity index (χ1n) is 14.8. The Labute approximate surface area is 257 Å². The highest BCUT2D eigenvalue weighted by molar-refractivity contribution is 7.47. The van der Waals surface area contributed by atoms with Crippen LogP contribution in [0.1, 0.15) is 27.4 Å². The number of carbonyl (C=O) groups excluding carboxylic acids is 2. The van der Waals surface area contributed by atoms with E-state index in [2.05, 4.69) is 25.6 Å². The molecule has 1 fully saturated rings. The number of anilines is 3. The van der Waals surface area contributed by atoms with Crippen molar-refractivity contribution in [2.45, 2.75) is 12.8 Å². The van der Waals surface area contributed by atoms with Gasteiger partial charge in [0.1, 0.15) is 13.1 Å². The summed E-state index contributed by atoms with van der Waals surface area (Å²) in [5.41, 5.74) is -0.140. The van der Waals surface area contributed by atoms with Crippen LogP contribution in [0.2, 0.25) is 0 Å². The summed E-state index contributed by atoms with van der Waals surface area (Å²) in [6.45, 7) is -3.46. The van der Waals surface area contributed by atoms with Crippen LogP contribution >= 0.6 is 7.82 Å². The molecule has 0 bridgehead atoms. The van der Waals surface area contributed by atoms with Crippen LogP contribution in [0.15, 0.2) is 30.6 Å². The Morgan fingerprint density at radius 1 is 1.16 bits per heavy atom. The number of amides is 2. The zero-order chi connectivity index (χ0) is 34.2. The van der Waals surface area contributed by atoms with Gasteiger partial charge in [0.15, 0.2) is 23.1 Å². The lowest BCUT2D eigenvalue weighted by atomic mass is 10.1. The highest BCUT2D eigenvalue weighted by atomic mass is 31.2. The summed E-state index contributed by atoms with van der Waals surface area (Å²) in [5.74, 6) is -1.36. The number of hydrogen-bond acceptors (Lipinski definition) is 13. The van der Waals surface area contributed by atoms with Gasteiger partial charge in [-0.1, -0.05) is 6.07 Å². The van der Waals surface area contributed by atoms with Crippen LogP contribution in [0.5, 0.6) is 5.75 Å². The summed E-state index contributed by atoms with van der Waals surface area (Å²) >= 11 is 0. The van der Waals surface area contributed by atoms with Crippen LogP contribution in [-0.2, 0) is 34.9 Å². The first-order valence-corrected chi connectivity index (χ1v) is 14.8. The van der Waals surface area contributed by atoms with Crippen LogP contribution in [0.4, 0.5) is 17.2 Å². The lowest BCUT2D eigenvalue weighted by Gasteiger charge is -2.28. The average molecular weight is 638 g/mol. The van der Waals surface area contributed by atoms with Gasteiger partial charge in [0.05, 0.1) is 50.5 Å². The number of aryl methyl sites for hydroxylation is 1. The Balaban J connectivity index is 1.78. The SMILES string of the molecule is [2H]C([2H])([2H])NC(=O)c1nnc(NC(=O)C2CC2)cc1N(COP(=O)(O)OCCOCCOC)c1cccc(-c2ncn(C)n2)c1OC. The quantitative estimate of drug-likeness (QED) is 0.110. The van der Waals surface area contributed by atoms with E-state index < -0.39 is 33.1 Å². The Bertz CT molecular complexity index is 1610. The molecule has 3 aromatic rings. The predicted octanol–water partition coefficient (Wildman–Crippen LogP) is 1.88. The topological polar surface area (TPSA) is 201 Å². The molecule has 1 saturated carbocycles. The highest BCUT2D eigenvalue weighted by Gasteiger charge is 2.32. The van der Waals surface area contributed by atoms with Gasteiger partial charge in [-0.3, -0.25) is 23.3 Å². The van der Waals surface area contributed by atoms with E-state index in [4.69, 9.17) is 27.4 Å². The third-order valence-electron chi connectivity index (χ3n) is 6.19. The predicted molar refractivity (Wildman–Crippen MR) is 156 cm³/mol. The molecule has 1 unspecified atom stereocenters. The maximum absolute atomic E-state index is 13.2. The van der Waals surface area contributed by atoms with Crippen LogP contribution in [-0.4, -0.2) is 96.0 Å². The fourth-order valence-electron chi connectivity index (χ4n) is 3.93. The molecule has 0 saturated heterocycles. The summed E-state index contributed by atoms with van der Waals surface area (Å²) in [4.78, 5) is 41.8. The minimum absolute atomic E-state index is 0.0360. The van der Waals surface area contributed by atoms with Gasteiger partial charge in [0.25, 0.3) is 5.91 Å². The Morgan fingerprint density at radius 3 is 2.64 bits per heavy atom. The summed E-state index contributed by atoms with van der Waals surface area (Å²) < 4.78 is 63.2. The molecule has 0 radical (unpaired) electrons. The van der Waals surface area contributed by atoms with Gasteiger partial charge in [-0.05, 0) is 25.0 Å². The molecule has 1 atom stereocenters. The minimum Gasteiger partial charge on any atom is -0.494 e. The van der Waals surface area contributed by atoms with Crippen molar-refractivity contribution in [1.82, 2.24) is 30.3 Å². The lowest BCUT2D eigenvalue weighted by Crippen LogP contribution is -2.28. The zero-order valence-corrected chi connectivity index (χ0v) is 25.2. The Morgan fingerprint density at radius 2 is 1.95 bits per heavy atom. The molecule has 2 amide bonds. The van der Waals surface area contributed by atoms with Crippen molar-refractivity contribution >= 4 is 36.8 Å². The van der Waals surface area contributed by atoms with Gasteiger partial charge in [-0.2, -0.15) is 5.10 Å². The molecular formula is C26H35N8O9P. The summed E-state index contributed by atoms with van der Waals surface area (Å²) in [7, 11) is -0.229. The number of phosphoric ester groups is 1. The monoisotopic (exact) mass is 637 g/mol. The van der Waals surface area contributed by atoms with E-state index >= 15 is 0 Å². The second kappa shape index (κ2) is 15.1. The number of nitrogens with zero attached hydrogens (tertiary/aromatic N) is 6. The molecule has 4 rings (SSSR count). The smallest absolute Gasteiger partial charge is 0.474 e. The van der Waals surface area contributed by atoms with Gasteiger partial charge in [0.2, 0.25) is 5.91 Å². The van der Waals surface area contributed by atoms with Gasteiger partial charge >= 0.3 is 7.82 Å². The van der Waals surface area contributed by atoms with E-state index in [0.29, 0.717) is 25.0 Å². The van der Waals surface area contributed by atoms with E-state index in [1.165, 1.54) is 42.3 Å². The van der Waals surface area contributed by atoms with Crippen molar-refractivity contribution in [1.29, 1.82) is 0 Å². The number of aromatic nitrogens is 5. The molecule has 1 aliphatic rings. The Hall–Kier alpha value is -3.99. The van der Waals surface area contributed by atoms with Crippen LogP contribution < -0.4 is 20.3 Å². The van der Waals surface area contributed by atoms with Crippen LogP contribution in [0.3, 0.4) is 0 Å². The number of carbonyl (C=O) groups is 2. The number of para-hydroxylation sites is 1. The van der Waals surface area contributed by atoms with Crippen LogP contribution in [0.25, 0.3) is 11.4 Å². The molecule has 17 nitrogen and oxygen atoms in total. The van der Waals surface area contributed by atoms with Crippen LogP contribution in [0, 0.1) is 5.92 Å². The van der Waals surface area contributed by atoms with Crippen molar-refractivity contribution in [2.24, 2.45) is 13.0 Å². The molecular weight excluding hydrogens is 599 g/mol. The third-order valence-corrected chi connectivity index (χ3v) is 7.14. The van der Waals surface area contributed by atoms with E-state index in [0.717, 1.165) is 0 Å². The van der Waals surface area contributed by atoms with Crippen molar-refractivity contribution in [3.05, 3.63) is 36.3 Å². The molecule has 0 spiro atoms. The number of benzene rings is 1. The molecule has 238 valence electrons. The maximum Gasteiger partial charge on any atom is 0.474 e. The van der Waals surface area contributed by atoms with Gasteiger partial charge < -0.3 is 34.6 Å². The van der Waals surface area contributed by atoms with Crippen molar-refractivity contribution in [3.8, 4) is 17.1 Å². The maximum atomic E-state index is 13.2. The fourth-order valence-corrected chi connectivity index (χ4v) is 4.57. The molecule has 1 aromatic carbocycles. The molecule has 2 heterocycles. The number of rotatable bonds is 17. The first kappa shape index (κ1) is 28.8. The molecule has 0 aliphatic heterocycles. The van der Waals surface area contributed by atoms with E-state index in [1.54, 1.807) is 19.2 Å². The highest BCUT2D eigenvalue weighted by Crippen LogP contribution is 2.46. The third kappa shape index (κ3) is 8.56. The molecule has 44 heavy (non-hydrogen) atoms. The largest absolute Gasteiger partial charge is 0.494 e. The first-order chi connectivity index (χ1) is 22.3. The number of phosphoric acid groups is 1. The van der Waals surface area contributed by atoms with E-state index in [9.17, 15) is 19.0 Å². The normalized spacial score (nSPS) is 15.4. The summed E-state index contributed by atoms with van der Waals surface area (Å²) in [6, 6.07) is 6.06. The number of ether oxygens (including phenoxy) is 3. The number of methoxy groups -OCH3 is 2. The zero-order valence-electron chi connectivity index (χ0n) is 27.3. The second-order valence-corrected chi connectivity index (χ2v) is 10.8. The minimum atomic E-state index is -4.76. The van der Waals surface area contributed by atoms with Gasteiger partial charge in [-0.15, -0.1) is 10.2 Å². The van der Waals surface area contributed by atoms with Crippen molar-refractivity contribution in [3.63, 3.8) is 0 Å².